The maximum atomic E-state index is 15.2. The van der Waals surface area contributed by atoms with Crippen LogP contribution in [0.3, 0.4) is 0 Å². The zero-order valence-electron chi connectivity index (χ0n) is 49.6. The van der Waals surface area contributed by atoms with E-state index in [4.69, 9.17) is 4.74 Å². The van der Waals surface area contributed by atoms with Crippen LogP contribution in [0.4, 0.5) is 0 Å². The van der Waals surface area contributed by atoms with Crippen LogP contribution in [-0.2, 0) is 55.1 Å². The van der Waals surface area contributed by atoms with Gasteiger partial charge in [-0.25, -0.2) is 4.79 Å². The number of amides is 7. The molecule has 0 saturated carbocycles. The summed E-state index contributed by atoms with van der Waals surface area (Å²) in [5.74, 6) is -5.57. The van der Waals surface area contributed by atoms with Crippen LogP contribution < -0.4 is 26.6 Å². The van der Waals surface area contributed by atoms with Gasteiger partial charge < -0.3 is 46.0 Å². The molecule has 17 heteroatoms. The van der Waals surface area contributed by atoms with Crippen LogP contribution >= 0.6 is 0 Å². The molecule has 5 N–H and O–H groups in total. The van der Waals surface area contributed by atoms with Gasteiger partial charge in [0, 0.05) is 33.5 Å². The normalized spacial score (nSPS) is 16.0. The summed E-state index contributed by atoms with van der Waals surface area (Å²) < 4.78 is 5.06. The first-order chi connectivity index (χ1) is 38.6. The summed E-state index contributed by atoms with van der Waals surface area (Å²) in [5.41, 5.74) is 1.89. The molecule has 438 valence electrons. The van der Waals surface area contributed by atoms with Gasteiger partial charge in [-0.3, -0.25) is 33.6 Å². The molecule has 1 aliphatic rings. The predicted molar refractivity (Wildman–Crippen MR) is 314 cm³/mol. The van der Waals surface area contributed by atoms with Gasteiger partial charge in [-0.2, -0.15) is 0 Å². The maximum Gasteiger partial charge on any atom is 0.328 e. The van der Waals surface area contributed by atoms with Gasteiger partial charge in [0.2, 0.25) is 41.4 Å². The first-order valence-electron chi connectivity index (χ1n) is 28.6. The highest BCUT2D eigenvalue weighted by Crippen LogP contribution is 2.37. The second kappa shape index (κ2) is 30.4. The molecule has 4 aromatic carbocycles. The zero-order valence-corrected chi connectivity index (χ0v) is 49.6. The molecule has 0 radical (unpaired) electrons. The van der Waals surface area contributed by atoms with Gasteiger partial charge in [0.25, 0.3) is 0 Å². The number of nitrogens with one attached hydrogen (secondary N) is 5. The fraction of sp³-hybridized carbons (Fsp3) is 0.500. The molecular formula is C64H88N8O9. The van der Waals surface area contributed by atoms with Gasteiger partial charge in [0.1, 0.15) is 41.8 Å². The van der Waals surface area contributed by atoms with Gasteiger partial charge in [0.15, 0.2) is 0 Å². The van der Waals surface area contributed by atoms with E-state index in [1.165, 1.54) is 35.9 Å². The van der Waals surface area contributed by atoms with Crippen molar-refractivity contribution in [3.8, 4) is 0 Å². The average molecular weight is 1110 g/mol. The molecule has 8 atom stereocenters. The van der Waals surface area contributed by atoms with Gasteiger partial charge in [0.05, 0.1) is 13.2 Å². The van der Waals surface area contributed by atoms with Crippen LogP contribution in [0.25, 0.3) is 0 Å². The minimum absolute atomic E-state index is 0.105. The first-order valence-corrected chi connectivity index (χ1v) is 28.6. The maximum absolute atomic E-state index is 15.2. The number of rotatable bonds is 28. The Bertz CT molecular complexity index is 2610. The lowest BCUT2D eigenvalue weighted by atomic mass is 9.77. The molecule has 5 rings (SSSR count). The van der Waals surface area contributed by atoms with Crippen LogP contribution in [0.1, 0.15) is 116 Å². The SMILES string of the molecule is CC[C@H](C)[C@H](NC(=O)[C@H](CC(C)C)NC)C(=O)N(C)[C@@H](C(=O)N[C@@H](CCC(=O)NC(c1ccccc1)(c1ccccc1)c1ccccc1)C(=O)N[C@H](C(=O)N(C)[C@H](Cc1ccccc1)C(=O)N1CCC[C@H]1C(=O)OC)C(C)C)C(C)C. The van der Waals surface area contributed by atoms with E-state index in [1.807, 2.05) is 149 Å². The second-order valence-corrected chi connectivity index (χ2v) is 22.6. The Morgan fingerprint density at radius 2 is 1.14 bits per heavy atom. The number of carbonyl (C=O) groups excluding carboxylic acids is 8. The van der Waals surface area contributed by atoms with Crippen molar-refractivity contribution in [3.05, 3.63) is 144 Å². The third-order valence-corrected chi connectivity index (χ3v) is 15.7. The predicted octanol–water partition coefficient (Wildman–Crippen LogP) is 6.38. The lowest BCUT2D eigenvalue weighted by Crippen LogP contribution is -2.62. The fourth-order valence-corrected chi connectivity index (χ4v) is 10.9. The Kier molecular flexibility index (Phi) is 24.2. The number of likely N-dealkylation sites (tertiary alicyclic amines) is 1. The number of benzene rings is 4. The van der Waals surface area contributed by atoms with Crippen LogP contribution in [0, 0.1) is 23.7 Å². The minimum atomic E-state index is -1.45. The number of hydrogen-bond acceptors (Lipinski definition) is 10. The standard InChI is InChI=1S/C64H88N8O9/c1-13-44(8)55(68-58(75)50(65-9)39-41(2)3)62(79)71(11)56(43(6)7)59(76)66-49(36-37-53(73)69-64(46-29-20-15-21-30-46,47-31-22-16-23-32-47)48-33-24-17-25-34-48)57(74)67-54(42(4)5)61(78)70(10)52(40-45-27-18-14-19-28-45)60(77)72-38-26-35-51(72)63(80)81-12/h14-25,27-34,41-44,49-52,54-56,65H,13,26,35-40H2,1-12H3,(H,66,76)(H,67,74)(H,68,75)(H,69,73)/t44-,49-,50-,51-,52+,54-,55-,56+/m0/s1. The summed E-state index contributed by atoms with van der Waals surface area (Å²) in [4.78, 5) is 120. The molecule has 0 aliphatic carbocycles. The van der Waals surface area contributed by atoms with Crippen molar-refractivity contribution in [1.82, 2.24) is 41.3 Å². The van der Waals surface area contributed by atoms with Crippen LogP contribution in [-0.4, -0.2) is 139 Å². The Hall–Kier alpha value is -7.40. The number of nitrogens with zero attached hydrogens (tertiary/aromatic N) is 3. The van der Waals surface area contributed by atoms with E-state index in [-0.39, 0.29) is 43.6 Å². The van der Waals surface area contributed by atoms with E-state index < -0.39 is 101 Å². The number of carbonyl (C=O) groups is 8. The molecule has 1 heterocycles. The number of hydrogen-bond donors (Lipinski definition) is 5. The number of methoxy groups -OCH3 is 1. The molecule has 17 nitrogen and oxygen atoms in total. The molecule has 1 saturated heterocycles. The summed E-state index contributed by atoms with van der Waals surface area (Å²) in [6, 6.07) is 30.5. The largest absolute Gasteiger partial charge is 0.467 e. The summed E-state index contributed by atoms with van der Waals surface area (Å²) in [6.45, 7) is 15.1. The summed E-state index contributed by atoms with van der Waals surface area (Å²) in [7, 11) is 5.97. The lowest BCUT2D eigenvalue weighted by molar-refractivity contribution is -0.154. The molecule has 4 aromatic rings. The number of esters is 1. The summed E-state index contributed by atoms with van der Waals surface area (Å²) in [6.07, 6.45) is 1.61. The molecular weight excluding hydrogens is 1020 g/mol. The molecule has 81 heavy (non-hydrogen) atoms. The highest BCUT2D eigenvalue weighted by atomic mass is 16.5. The Balaban J connectivity index is 1.53. The third kappa shape index (κ3) is 16.4. The lowest BCUT2D eigenvalue weighted by Gasteiger charge is -2.37. The van der Waals surface area contributed by atoms with E-state index in [9.17, 15) is 24.0 Å². The third-order valence-electron chi connectivity index (χ3n) is 15.7. The molecule has 0 aromatic heterocycles. The molecule has 0 unspecified atom stereocenters. The van der Waals surface area contributed by atoms with E-state index in [2.05, 4.69) is 26.6 Å². The summed E-state index contributed by atoms with van der Waals surface area (Å²) >= 11 is 0. The zero-order chi connectivity index (χ0) is 59.6. The molecule has 0 bridgehead atoms. The van der Waals surface area contributed by atoms with Crippen molar-refractivity contribution in [2.45, 2.75) is 148 Å². The van der Waals surface area contributed by atoms with Crippen molar-refractivity contribution in [2.24, 2.45) is 23.7 Å². The molecule has 0 spiro atoms. The van der Waals surface area contributed by atoms with Gasteiger partial charge in [-0.15, -0.1) is 0 Å². The van der Waals surface area contributed by atoms with Crippen molar-refractivity contribution in [3.63, 3.8) is 0 Å². The topological polar surface area (TPSA) is 216 Å². The van der Waals surface area contributed by atoms with E-state index in [0.717, 1.165) is 22.3 Å². The molecule has 1 fully saturated rings. The van der Waals surface area contributed by atoms with Crippen molar-refractivity contribution < 1.29 is 43.1 Å². The van der Waals surface area contributed by atoms with E-state index >= 15 is 14.4 Å². The second-order valence-electron chi connectivity index (χ2n) is 22.6. The van der Waals surface area contributed by atoms with Crippen LogP contribution in [0.2, 0.25) is 0 Å². The fourth-order valence-electron chi connectivity index (χ4n) is 10.9. The van der Waals surface area contributed by atoms with Crippen LogP contribution in [0.5, 0.6) is 0 Å². The number of likely N-dealkylation sites (N-methyl/N-ethyl adjacent to an activating group) is 3. The average Bonchev–Trinajstić information content (AvgIpc) is 4.11. The monoisotopic (exact) mass is 1110 g/mol. The quantitative estimate of drug-likeness (QED) is 0.0313. The van der Waals surface area contributed by atoms with Gasteiger partial charge in [-0.1, -0.05) is 183 Å². The summed E-state index contributed by atoms with van der Waals surface area (Å²) in [5, 5.41) is 15.2. The van der Waals surface area contributed by atoms with Crippen molar-refractivity contribution in [1.29, 1.82) is 0 Å². The van der Waals surface area contributed by atoms with Crippen molar-refractivity contribution >= 4 is 47.3 Å². The van der Waals surface area contributed by atoms with Crippen LogP contribution in [0.15, 0.2) is 121 Å². The van der Waals surface area contributed by atoms with Crippen molar-refractivity contribution in [2.75, 3.05) is 34.8 Å². The molecule has 7 amide bonds. The smallest absolute Gasteiger partial charge is 0.328 e. The highest BCUT2D eigenvalue weighted by molar-refractivity contribution is 5.98. The van der Waals surface area contributed by atoms with E-state index in [0.29, 0.717) is 25.7 Å². The van der Waals surface area contributed by atoms with Gasteiger partial charge >= 0.3 is 5.97 Å². The van der Waals surface area contributed by atoms with Gasteiger partial charge in [-0.05, 0) is 78.7 Å². The number of ether oxygens (including phenoxy) is 1. The highest BCUT2D eigenvalue weighted by Gasteiger charge is 2.44. The Morgan fingerprint density at radius 1 is 0.642 bits per heavy atom. The minimum Gasteiger partial charge on any atom is -0.467 e. The Labute approximate surface area is 480 Å². The molecule has 1 aliphatic heterocycles. The Morgan fingerprint density at radius 3 is 1.60 bits per heavy atom. The van der Waals surface area contributed by atoms with E-state index in [1.54, 1.807) is 34.7 Å². The first kappa shape index (κ1) is 64.4.